The van der Waals surface area contributed by atoms with Crippen molar-refractivity contribution >= 4 is 17.5 Å². The highest BCUT2D eigenvalue weighted by Crippen LogP contribution is 2.39. The molecule has 1 fully saturated rings. The molecule has 1 aliphatic rings. The number of halogens is 1. The molecule has 2 N–H and O–H groups in total. The summed E-state index contributed by atoms with van der Waals surface area (Å²) < 4.78 is 22.8. The number of ether oxygens (including phenoxy) is 2. The summed E-state index contributed by atoms with van der Waals surface area (Å²) in [6.07, 6.45) is -4.28. The van der Waals surface area contributed by atoms with Gasteiger partial charge in [-0.05, 0) is 13.8 Å². The normalized spacial score (nSPS) is 38.6. The maximum Gasteiger partial charge on any atom is 0.303 e. The van der Waals surface area contributed by atoms with Crippen molar-refractivity contribution in [2.75, 3.05) is 6.61 Å². The van der Waals surface area contributed by atoms with Crippen molar-refractivity contribution in [1.29, 1.82) is 0 Å². The SMILES string of the molecule is CC(=O)O[C@H]1CO[C@@H](F)[C@](O)(C(C)=O)[C@@]1(O)C(C)=O. The maximum absolute atomic E-state index is 13.7. The summed E-state index contributed by atoms with van der Waals surface area (Å²) >= 11 is 0. The molecule has 0 unspecified atom stereocenters. The molecule has 1 rings (SSSR count). The number of rotatable bonds is 3. The van der Waals surface area contributed by atoms with Gasteiger partial charge in [-0.1, -0.05) is 0 Å². The molecule has 0 amide bonds. The zero-order valence-corrected chi connectivity index (χ0v) is 10.7. The third kappa shape index (κ3) is 2.15. The number of esters is 1. The molecular weight excluding hydrogens is 263 g/mol. The zero-order chi connectivity index (χ0) is 15.0. The molecule has 4 atom stereocenters. The molecule has 1 heterocycles. The number of carbonyl (C=O) groups is 3. The van der Waals surface area contributed by atoms with Crippen LogP contribution in [0.4, 0.5) is 4.39 Å². The van der Waals surface area contributed by atoms with Crippen molar-refractivity contribution in [3.05, 3.63) is 0 Å². The predicted octanol–water partition coefficient (Wildman–Crippen LogP) is -1.12. The molecule has 0 radical (unpaired) electrons. The molecular formula is C11H15FO7. The Morgan fingerprint density at radius 3 is 2.00 bits per heavy atom. The molecule has 8 heteroatoms. The first kappa shape index (κ1) is 15.7. The summed E-state index contributed by atoms with van der Waals surface area (Å²) in [4.78, 5) is 34.0. The Morgan fingerprint density at radius 2 is 1.63 bits per heavy atom. The second-order valence-corrected chi connectivity index (χ2v) is 4.39. The third-order valence-corrected chi connectivity index (χ3v) is 3.15. The summed E-state index contributed by atoms with van der Waals surface area (Å²) in [7, 11) is 0. The molecule has 1 aliphatic heterocycles. The van der Waals surface area contributed by atoms with Crippen molar-refractivity contribution in [1.82, 2.24) is 0 Å². The molecule has 0 saturated carbocycles. The van der Waals surface area contributed by atoms with Crippen LogP contribution in [0.2, 0.25) is 0 Å². The predicted molar refractivity (Wildman–Crippen MR) is 57.7 cm³/mol. The van der Waals surface area contributed by atoms with Crippen LogP contribution in [0.3, 0.4) is 0 Å². The van der Waals surface area contributed by atoms with Crippen LogP contribution in [-0.2, 0) is 23.9 Å². The van der Waals surface area contributed by atoms with Crippen molar-refractivity contribution in [2.45, 2.75) is 44.4 Å². The standard InChI is InChI=1S/C11H15FO7/c1-5(13)10(16)8(19-7(3)15)4-18-9(12)11(10,17)6(2)14/h8-9,16-17H,4H2,1-3H3/t8-,9+,10+,11+/m0/s1. The molecule has 108 valence electrons. The van der Waals surface area contributed by atoms with E-state index in [9.17, 15) is 29.0 Å². The van der Waals surface area contributed by atoms with Crippen LogP contribution in [0.25, 0.3) is 0 Å². The summed E-state index contributed by atoms with van der Waals surface area (Å²) in [6.45, 7) is 1.98. The van der Waals surface area contributed by atoms with Gasteiger partial charge in [0.2, 0.25) is 17.6 Å². The average molecular weight is 278 g/mol. The zero-order valence-electron chi connectivity index (χ0n) is 10.7. The van der Waals surface area contributed by atoms with Crippen LogP contribution in [0.5, 0.6) is 0 Å². The van der Waals surface area contributed by atoms with Gasteiger partial charge in [-0.3, -0.25) is 14.4 Å². The monoisotopic (exact) mass is 278 g/mol. The van der Waals surface area contributed by atoms with E-state index in [1.54, 1.807) is 0 Å². The Hall–Kier alpha value is -1.38. The van der Waals surface area contributed by atoms with E-state index < -0.39 is 47.8 Å². The van der Waals surface area contributed by atoms with E-state index >= 15 is 0 Å². The van der Waals surface area contributed by atoms with Crippen molar-refractivity contribution in [3.63, 3.8) is 0 Å². The summed E-state index contributed by atoms with van der Waals surface area (Å²) in [5, 5.41) is 20.4. The van der Waals surface area contributed by atoms with Gasteiger partial charge < -0.3 is 19.7 Å². The number of aliphatic hydroxyl groups is 2. The minimum absolute atomic E-state index is 0.660. The van der Waals surface area contributed by atoms with E-state index in [1.165, 1.54) is 0 Å². The molecule has 7 nitrogen and oxygen atoms in total. The van der Waals surface area contributed by atoms with Gasteiger partial charge in [-0.15, -0.1) is 0 Å². The number of carbonyl (C=O) groups excluding carboxylic acids is 3. The van der Waals surface area contributed by atoms with E-state index in [2.05, 4.69) is 9.47 Å². The van der Waals surface area contributed by atoms with E-state index in [0.29, 0.717) is 0 Å². The highest BCUT2D eigenvalue weighted by atomic mass is 19.1. The number of hydrogen-bond acceptors (Lipinski definition) is 7. The van der Waals surface area contributed by atoms with Crippen LogP contribution < -0.4 is 0 Å². The molecule has 1 saturated heterocycles. The van der Waals surface area contributed by atoms with Crippen molar-refractivity contribution in [2.24, 2.45) is 0 Å². The fourth-order valence-corrected chi connectivity index (χ4v) is 2.07. The number of alkyl halides is 1. The molecule has 0 aromatic heterocycles. The molecule has 0 bridgehead atoms. The van der Waals surface area contributed by atoms with Crippen molar-refractivity contribution < 1.29 is 38.5 Å². The first-order valence-electron chi connectivity index (χ1n) is 5.48. The second kappa shape index (κ2) is 4.95. The molecule has 0 aliphatic carbocycles. The second-order valence-electron chi connectivity index (χ2n) is 4.39. The lowest BCUT2D eigenvalue weighted by Crippen LogP contribution is -2.76. The van der Waals surface area contributed by atoms with Crippen LogP contribution >= 0.6 is 0 Å². The summed E-state index contributed by atoms with van der Waals surface area (Å²) in [6, 6.07) is 0. The smallest absolute Gasteiger partial charge is 0.303 e. The van der Waals surface area contributed by atoms with E-state index in [-0.39, 0.29) is 0 Å². The van der Waals surface area contributed by atoms with Gasteiger partial charge in [0.1, 0.15) is 0 Å². The van der Waals surface area contributed by atoms with Crippen LogP contribution in [0.15, 0.2) is 0 Å². The van der Waals surface area contributed by atoms with Gasteiger partial charge in [-0.2, -0.15) is 0 Å². The minimum Gasteiger partial charge on any atom is -0.456 e. The molecule has 0 spiro atoms. The van der Waals surface area contributed by atoms with Gasteiger partial charge in [0.05, 0.1) is 6.61 Å². The van der Waals surface area contributed by atoms with Gasteiger partial charge in [0.25, 0.3) is 0 Å². The van der Waals surface area contributed by atoms with Crippen LogP contribution in [0, 0.1) is 0 Å². The Kier molecular flexibility index (Phi) is 4.08. The van der Waals surface area contributed by atoms with E-state index in [0.717, 1.165) is 20.8 Å². The first-order chi connectivity index (χ1) is 8.58. The fraction of sp³-hybridized carbons (Fsp3) is 0.727. The Balaban J connectivity index is 3.37. The first-order valence-corrected chi connectivity index (χ1v) is 5.48. The Labute approximate surface area is 108 Å². The van der Waals surface area contributed by atoms with Crippen molar-refractivity contribution in [3.8, 4) is 0 Å². The molecule has 0 aromatic carbocycles. The largest absolute Gasteiger partial charge is 0.456 e. The highest BCUT2D eigenvalue weighted by Gasteiger charge is 2.69. The number of ketones is 2. The summed E-state index contributed by atoms with van der Waals surface area (Å²) in [5.74, 6) is -3.20. The Morgan fingerprint density at radius 1 is 1.16 bits per heavy atom. The lowest BCUT2D eigenvalue weighted by molar-refractivity contribution is -0.298. The fourth-order valence-electron chi connectivity index (χ4n) is 2.07. The van der Waals surface area contributed by atoms with Crippen LogP contribution in [0.1, 0.15) is 20.8 Å². The van der Waals surface area contributed by atoms with E-state index in [1.807, 2.05) is 0 Å². The Bertz CT molecular complexity index is 423. The maximum atomic E-state index is 13.7. The number of Topliss-reactive ketones (excluding diaryl/α,β-unsaturated/α-hetero) is 2. The lowest BCUT2D eigenvalue weighted by atomic mass is 9.72. The topological polar surface area (TPSA) is 110 Å². The van der Waals surface area contributed by atoms with Crippen LogP contribution in [-0.4, -0.2) is 58.0 Å². The van der Waals surface area contributed by atoms with Gasteiger partial charge in [-0.25, -0.2) is 4.39 Å². The highest BCUT2D eigenvalue weighted by molar-refractivity contribution is 5.98. The number of hydrogen-bond donors (Lipinski definition) is 2. The lowest BCUT2D eigenvalue weighted by Gasteiger charge is -2.48. The molecule has 19 heavy (non-hydrogen) atoms. The molecule has 0 aromatic rings. The van der Waals surface area contributed by atoms with Gasteiger partial charge in [0.15, 0.2) is 17.7 Å². The van der Waals surface area contributed by atoms with Gasteiger partial charge in [0, 0.05) is 6.92 Å². The summed E-state index contributed by atoms with van der Waals surface area (Å²) in [5.41, 5.74) is -6.03. The average Bonchev–Trinajstić information content (AvgIpc) is 2.29. The minimum atomic E-state index is -3.13. The quantitative estimate of drug-likeness (QED) is 0.629. The third-order valence-electron chi connectivity index (χ3n) is 3.15. The van der Waals surface area contributed by atoms with E-state index in [4.69, 9.17) is 0 Å². The van der Waals surface area contributed by atoms with Gasteiger partial charge >= 0.3 is 5.97 Å².